The van der Waals surface area contributed by atoms with Crippen LogP contribution < -0.4 is 4.74 Å². The summed E-state index contributed by atoms with van der Waals surface area (Å²) in [5, 5.41) is 19.1. The lowest BCUT2D eigenvalue weighted by Crippen LogP contribution is -2.31. The standard InChI is InChI=1S/C24H21F3O7/c1-3-33-23(32)22(19(30)10-6-15-4-8-17(28)14(2)12-15)20(31)11-7-16-5-9-18(29)21(13-16)34-24(25,26)27/h4-13,22,28-29H,3H2,1-2H3/b10-6+,11-7+. The van der Waals surface area contributed by atoms with Crippen molar-refractivity contribution in [2.24, 2.45) is 5.92 Å². The zero-order valence-corrected chi connectivity index (χ0v) is 18.1. The number of benzene rings is 2. The number of rotatable bonds is 9. The highest BCUT2D eigenvalue weighted by Gasteiger charge is 2.33. The van der Waals surface area contributed by atoms with E-state index in [0.29, 0.717) is 11.1 Å². The molecule has 2 aromatic carbocycles. The molecule has 180 valence electrons. The summed E-state index contributed by atoms with van der Waals surface area (Å²) < 4.78 is 45.9. The number of hydrogen-bond donors (Lipinski definition) is 2. The molecule has 0 aliphatic rings. The van der Waals surface area contributed by atoms with Crippen LogP contribution in [0.4, 0.5) is 13.2 Å². The first-order chi connectivity index (χ1) is 15.9. The number of esters is 1. The molecule has 2 rings (SSSR count). The highest BCUT2D eigenvalue weighted by molar-refractivity contribution is 6.24. The molecule has 7 nitrogen and oxygen atoms in total. The van der Waals surface area contributed by atoms with Gasteiger partial charge < -0.3 is 19.7 Å². The SMILES string of the molecule is CCOC(=O)C(C(=O)/C=C/c1ccc(O)c(C)c1)C(=O)/C=C/c1ccc(O)c(OC(F)(F)F)c1. The topological polar surface area (TPSA) is 110 Å². The molecule has 0 fully saturated rings. The number of ether oxygens (including phenoxy) is 2. The molecule has 10 heteroatoms. The lowest BCUT2D eigenvalue weighted by atomic mass is 9.96. The Balaban J connectivity index is 2.26. The van der Waals surface area contributed by atoms with Gasteiger partial charge in [0.2, 0.25) is 0 Å². The number of aryl methyl sites for hydroxylation is 1. The van der Waals surface area contributed by atoms with Crippen molar-refractivity contribution in [1.29, 1.82) is 0 Å². The van der Waals surface area contributed by atoms with Crippen LogP contribution in [0.3, 0.4) is 0 Å². The van der Waals surface area contributed by atoms with Gasteiger partial charge in [-0.3, -0.25) is 14.4 Å². The Hall–Kier alpha value is -4.08. The maximum atomic E-state index is 12.6. The second-order valence-electron chi connectivity index (χ2n) is 6.98. The minimum absolute atomic E-state index is 0.0376. The van der Waals surface area contributed by atoms with E-state index in [2.05, 4.69) is 4.74 Å². The molecule has 0 radical (unpaired) electrons. The average Bonchev–Trinajstić information content (AvgIpc) is 2.74. The molecule has 2 aromatic rings. The van der Waals surface area contributed by atoms with Gasteiger partial charge in [-0.25, -0.2) is 0 Å². The number of carbonyl (C=O) groups excluding carboxylic acids is 3. The predicted molar refractivity (Wildman–Crippen MR) is 116 cm³/mol. The number of aromatic hydroxyl groups is 2. The number of phenolic OH excluding ortho intramolecular Hbond substituents is 2. The first-order valence-corrected chi connectivity index (χ1v) is 9.90. The monoisotopic (exact) mass is 478 g/mol. The van der Waals surface area contributed by atoms with Crippen molar-refractivity contribution in [1.82, 2.24) is 0 Å². The Morgan fingerprint density at radius 2 is 1.47 bits per heavy atom. The van der Waals surface area contributed by atoms with Crippen LogP contribution in [0.15, 0.2) is 48.6 Å². The van der Waals surface area contributed by atoms with E-state index < -0.39 is 41.3 Å². The summed E-state index contributed by atoms with van der Waals surface area (Å²) >= 11 is 0. The maximum absolute atomic E-state index is 12.6. The first kappa shape index (κ1) is 26.2. The second kappa shape index (κ2) is 11.2. The van der Waals surface area contributed by atoms with E-state index in [-0.39, 0.29) is 17.9 Å². The number of hydrogen-bond acceptors (Lipinski definition) is 7. The van der Waals surface area contributed by atoms with E-state index in [0.717, 1.165) is 30.4 Å². The van der Waals surface area contributed by atoms with Gasteiger partial charge in [-0.15, -0.1) is 13.2 Å². The number of halogens is 3. The third kappa shape index (κ3) is 7.51. The van der Waals surface area contributed by atoms with E-state index >= 15 is 0 Å². The van der Waals surface area contributed by atoms with Gasteiger partial charge in [0, 0.05) is 0 Å². The van der Waals surface area contributed by atoms with Crippen LogP contribution >= 0.6 is 0 Å². The lowest BCUT2D eigenvalue weighted by Gasteiger charge is -2.11. The molecule has 0 bridgehead atoms. The maximum Gasteiger partial charge on any atom is 0.573 e. The molecule has 2 N–H and O–H groups in total. The zero-order chi connectivity index (χ0) is 25.5. The van der Waals surface area contributed by atoms with Crippen LogP contribution in [0.2, 0.25) is 0 Å². The Kier molecular flexibility index (Phi) is 8.60. The molecule has 0 saturated heterocycles. The molecule has 1 unspecified atom stereocenters. The zero-order valence-electron chi connectivity index (χ0n) is 18.1. The average molecular weight is 478 g/mol. The van der Waals surface area contributed by atoms with Crippen molar-refractivity contribution >= 4 is 29.7 Å². The summed E-state index contributed by atoms with van der Waals surface area (Å²) in [6.07, 6.45) is -0.744. The number of carbonyl (C=O) groups is 3. The van der Waals surface area contributed by atoms with E-state index in [1.54, 1.807) is 13.0 Å². The largest absolute Gasteiger partial charge is 0.573 e. The highest BCUT2D eigenvalue weighted by Crippen LogP contribution is 2.32. The van der Waals surface area contributed by atoms with Gasteiger partial charge in [0.25, 0.3) is 0 Å². The molecular formula is C24H21F3O7. The predicted octanol–water partition coefficient (Wildman–Crippen LogP) is 4.35. The summed E-state index contributed by atoms with van der Waals surface area (Å²) in [6.45, 7) is 3.06. The van der Waals surface area contributed by atoms with Gasteiger partial charge in [0.1, 0.15) is 5.75 Å². The summed E-state index contributed by atoms with van der Waals surface area (Å²) in [4.78, 5) is 37.5. The fourth-order valence-electron chi connectivity index (χ4n) is 2.77. The highest BCUT2D eigenvalue weighted by atomic mass is 19.4. The molecule has 0 aromatic heterocycles. The van der Waals surface area contributed by atoms with Gasteiger partial charge >= 0.3 is 12.3 Å². The molecule has 0 amide bonds. The lowest BCUT2D eigenvalue weighted by molar-refractivity contribution is -0.275. The second-order valence-corrected chi connectivity index (χ2v) is 6.98. The van der Waals surface area contributed by atoms with Crippen molar-refractivity contribution in [3.63, 3.8) is 0 Å². The van der Waals surface area contributed by atoms with Gasteiger partial charge in [0.05, 0.1) is 6.61 Å². The van der Waals surface area contributed by atoms with Crippen LogP contribution in [0.5, 0.6) is 17.2 Å². The van der Waals surface area contributed by atoms with Gasteiger partial charge in [-0.1, -0.05) is 24.3 Å². The van der Waals surface area contributed by atoms with Crippen LogP contribution in [0.1, 0.15) is 23.6 Å². The fourth-order valence-corrected chi connectivity index (χ4v) is 2.77. The third-order valence-electron chi connectivity index (χ3n) is 4.40. The van der Waals surface area contributed by atoms with E-state index in [4.69, 9.17) is 4.74 Å². The van der Waals surface area contributed by atoms with E-state index in [1.807, 2.05) is 0 Å². The van der Waals surface area contributed by atoms with Gasteiger partial charge in [-0.05, 0) is 67.0 Å². The number of ketones is 2. The summed E-state index contributed by atoms with van der Waals surface area (Å²) in [6, 6.07) is 7.51. The smallest absolute Gasteiger partial charge is 0.508 e. The van der Waals surface area contributed by atoms with Crippen molar-refractivity contribution < 1.29 is 47.2 Å². The summed E-state index contributed by atoms with van der Waals surface area (Å²) in [5.74, 6) is -6.32. The Morgan fingerprint density at radius 1 is 0.941 bits per heavy atom. The molecular weight excluding hydrogens is 457 g/mol. The molecule has 1 atom stereocenters. The van der Waals surface area contributed by atoms with Crippen LogP contribution in [0.25, 0.3) is 12.2 Å². The number of alkyl halides is 3. The molecule has 0 saturated carbocycles. The molecule has 0 spiro atoms. The number of phenols is 2. The number of allylic oxidation sites excluding steroid dienone is 2. The summed E-state index contributed by atoms with van der Waals surface area (Å²) in [7, 11) is 0. The van der Waals surface area contributed by atoms with Gasteiger partial charge in [-0.2, -0.15) is 0 Å². The van der Waals surface area contributed by atoms with Crippen LogP contribution in [0, 0.1) is 12.8 Å². The molecule has 0 aliphatic carbocycles. The third-order valence-corrected chi connectivity index (χ3v) is 4.40. The van der Waals surface area contributed by atoms with Gasteiger partial charge in [0.15, 0.2) is 29.0 Å². The van der Waals surface area contributed by atoms with Crippen molar-refractivity contribution in [2.75, 3.05) is 6.61 Å². The van der Waals surface area contributed by atoms with Crippen molar-refractivity contribution in [3.05, 3.63) is 65.2 Å². The minimum Gasteiger partial charge on any atom is -0.508 e. The normalized spacial score (nSPS) is 12.6. The van der Waals surface area contributed by atoms with Crippen molar-refractivity contribution in [3.8, 4) is 17.2 Å². The quantitative estimate of drug-likeness (QED) is 0.313. The van der Waals surface area contributed by atoms with Crippen LogP contribution in [-0.2, 0) is 19.1 Å². The molecule has 34 heavy (non-hydrogen) atoms. The Bertz CT molecular complexity index is 1130. The first-order valence-electron chi connectivity index (χ1n) is 9.90. The Morgan fingerprint density at radius 3 is 1.97 bits per heavy atom. The van der Waals surface area contributed by atoms with Crippen LogP contribution in [-0.4, -0.2) is 40.7 Å². The van der Waals surface area contributed by atoms with E-state index in [1.165, 1.54) is 31.2 Å². The summed E-state index contributed by atoms with van der Waals surface area (Å²) in [5.41, 5.74) is 1.13. The fraction of sp³-hybridized carbons (Fsp3) is 0.208. The van der Waals surface area contributed by atoms with E-state index in [9.17, 15) is 37.8 Å². The molecule has 0 heterocycles. The Labute approximate surface area is 192 Å². The minimum atomic E-state index is -5.04. The van der Waals surface area contributed by atoms with Crippen molar-refractivity contribution in [2.45, 2.75) is 20.2 Å². The molecule has 0 aliphatic heterocycles.